The number of hydrogen-bond donors (Lipinski definition) is 2. The highest BCUT2D eigenvalue weighted by molar-refractivity contribution is 4.73. The molecule has 1 saturated heterocycles. The van der Waals surface area contributed by atoms with Crippen LogP contribution in [0.3, 0.4) is 0 Å². The summed E-state index contributed by atoms with van der Waals surface area (Å²) < 4.78 is 10.5. The highest BCUT2D eigenvalue weighted by Gasteiger charge is 2.17. The number of ether oxygens (including phenoxy) is 2. The molecule has 0 aromatic carbocycles. The van der Waals surface area contributed by atoms with Crippen molar-refractivity contribution < 1.29 is 14.6 Å². The maximum atomic E-state index is 9.78. The van der Waals surface area contributed by atoms with Gasteiger partial charge in [-0.25, -0.2) is 0 Å². The van der Waals surface area contributed by atoms with Gasteiger partial charge in [-0.15, -0.1) is 0 Å². The van der Waals surface area contributed by atoms with Gasteiger partial charge >= 0.3 is 0 Å². The Bertz CT molecular complexity index is 221. The number of aliphatic hydroxyl groups is 1. The van der Waals surface area contributed by atoms with Crippen molar-refractivity contribution >= 4 is 0 Å². The summed E-state index contributed by atoms with van der Waals surface area (Å²) >= 11 is 0. The molecule has 5 heteroatoms. The number of nitrogens with one attached hydrogen (secondary N) is 1. The Hall–Kier alpha value is -0.200. The summed E-state index contributed by atoms with van der Waals surface area (Å²) in [4.78, 5) is 2.50. The van der Waals surface area contributed by atoms with E-state index in [2.05, 4.69) is 17.1 Å². The number of hydrogen-bond acceptors (Lipinski definition) is 5. The molecule has 1 aliphatic rings. The summed E-state index contributed by atoms with van der Waals surface area (Å²) in [5.41, 5.74) is 0. The van der Waals surface area contributed by atoms with Gasteiger partial charge in [0, 0.05) is 13.2 Å². The van der Waals surface area contributed by atoms with E-state index in [4.69, 9.17) is 9.47 Å². The van der Waals surface area contributed by atoms with Gasteiger partial charge in [0.2, 0.25) is 0 Å². The second kappa shape index (κ2) is 11.5. The summed E-state index contributed by atoms with van der Waals surface area (Å²) in [6, 6.07) is 0. The Balaban J connectivity index is 1.92. The largest absolute Gasteiger partial charge is 0.389 e. The molecule has 0 aliphatic carbocycles. The third-order valence-corrected chi connectivity index (χ3v) is 3.85. The van der Waals surface area contributed by atoms with E-state index < -0.39 is 6.10 Å². The fraction of sp³-hybridized carbons (Fsp3) is 1.00. The van der Waals surface area contributed by atoms with Crippen LogP contribution in [0, 0.1) is 5.92 Å². The lowest BCUT2D eigenvalue weighted by atomic mass is 9.97. The molecule has 1 fully saturated rings. The van der Waals surface area contributed by atoms with Crippen molar-refractivity contribution in [1.82, 2.24) is 10.2 Å². The second-order valence-corrected chi connectivity index (χ2v) is 5.46. The Morgan fingerprint density at radius 2 is 1.90 bits per heavy atom. The average molecular weight is 288 g/mol. The van der Waals surface area contributed by atoms with Crippen molar-refractivity contribution in [3.8, 4) is 0 Å². The Morgan fingerprint density at radius 3 is 2.55 bits per heavy atom. The quantitative estimate of drug-likeness (QED) is 0.549. The molecule has 1 heterocycles. The van der Waals surface area contributed by atoms with Gasteiger partial charge in [-0.2, -0.15) is 0 Å². The van der Waals surface area contributed by atoms with Crippen molar-refractivity contribution in [3.05, 3.63) is 0 Å². The SMILES string of the molecule is CCOCCOCC(O)CNCC1CCN(CC)CC1. The molecule has 0 bridgehead atoms. The molecule has 0 aromatic rings. The standard InChI is InChI=1S/C15H32N2O3/c1-3-17-7-5-14(6-8-17)11-16-12-15(18)13-20-10-9-19-4-2/h14-16,18H,3-13H2,1-2H3. The van der Waals surface area contributed by atoms with Crippen LogP contribution in [0.25, 0.3) is 0 Å². The maximum absolute atomic E-state index is 9.78. The van der Waals surface area contributed by atoms with E-state index in [9.17, 15) is 5.11 Å². The molecular formula is C15H32N2O3. The van der Waals surface area contributed by atoms with Crippen LogP contribution in [0.1, 0.15) is 26.7 Å². The summed E-state index contributed by atoms with van der Waals surface area (Å²) in [6.45, 7) is 11.7. The lowest BCUT2D eigenvalue weighted by molar-refractivity contribution is 0.00611. The van der Waals surface area contributed by atoms with Crippen molar-refractivity contribution in [3.63, 3.8) is 0 Å². The van der Waals surface area contributed by atoms with E-state index in [0.29, 0.717) is 33.0 Å². The lowest BCUT2D eigenvalue weighted by Crippen LogP contribution is -2.39. The third-order valence-electron chi connectivity index (χ3n) is 3.85. The fourth-order valence-electron chi connectivity index (χ4n) is 2.50. The third kappa shape index (κ3) is 8.17. The van der Waals surface area contributed by atoms with E-state index in [1.807, 2.05) is 6.92 Å². The maximum Gasteiger partial charge on any atom is 0.0897 e. The minimum absolute atomic E-state index is 0.383. The van der Waals surface area contributed by atoms with Gasteiger partial charge < -0.3 is 24.8 Å². The van der Waals surface area contributed by atoms with Gasteiger partial charge in [0.1, 0.15) is 0 Å². The van der Waals surface area contributed by atoms with Gasteiger partial charge in [-0.1, -0.05) is 6.92 Å². The van der Waals surface area contributed by atoms with Crippen LogP contribution in [0.4, 0.5) is 0 Å². The fourth-order valence-corrected chi connectivity index (χ4v) is 2.50. The zero-order valence-corrected chi connectivity index (χ0v) is 13.1. The highest BCUT2D eigenvalue weighted by Crippen LogP contribution is 2.15. The van der Waals surface area contributed by atoms with Crippen molar-refractivity contribution in [2.45, 2.75) is 32.8 Å². The molecule has 0 aromatic heterocycles. The molecule has 0 spiro atoms. The topological polar surface area (TPSA) is 54.0 Å². The van der Waals surface area contributed by atoms with Crippen LogP contribution >= 0.6 is 0 Å². The molecule has 5 nitrogen and oxygen atoms in total. The van der Waals surface area contributed by atoms with E-state index >= 15 is 0 Å². The summed E-state index contributed by atoms with van der Waals surface area (Å²) in [6.07, 6.45) is 2.11. The van der Waals surface area contributed by atoms with Gasteiger partial charge in [0.15, 0.2) is 0 Å². The summed E-state index contributed by atoms with van der Waals surface area (Å²) in [5, 5.41) is 13.1. The van der Waals surface area contributed by atoms with Gasteiger partial charge in [0.05, 0.1) is 25.9 Å². The first-order valence-electron chi connectivity index (χ1n) is 8.02. The molecular weight excluding hydrogens is 256 g/mol. The number of rotatable bonds is 11. The van der Waals surface area contributed by atoms with Crippen LogP contribution in [0.15, 0.2) is 0 Å². The highest BCUT2D eigenvalue weighted by atomic mass is 16.5. The summed E-state index contributed by atoms with van der Waals surface area (Å²) in [5.74, 6) is 0.754. The second-order valence-electron chi connectivity index (χ2n) is 5.46. The van der Waals surface area contributed by atoms with Crippen molar-refractivity contribution in [2.24, 2.45) is 5.92 Å². The van der Waals surface area contributed by atoms with Crippen LogP contribution < -0.4 is 5.32 Å². The van der Waals surface area contributed by atoms with Gasteiger partial charge in [-0.05, 0) is 51.9 Å². The molecule has 1 rings (SSSR count). The Kier molecular flexibility index (Phi) is 10.2. The predicted molar refractivity (Wildman–Crippen MR) is 81.0 cm³/mol. The lowest BCUT2D eigenvalue weighted by Gasteiger charge is -2.31. The normalized spacial score (nSPS) is 19.4. The monoisotopic (exact) mass is 288 g/mol. The molecule has 120 valence electrons. The number of aliphatic hydroxyl groups excluding tert-OH is 1. The molecule has 0 radical (unpaired) electrons. The molecule has 1 unspecified atom stereocenters. The average Bonchev–Trinajstić information content (AvgIpc) is 2.48. The minimum atomic E-state index is -0.424. The molecule has 0 amide bonds. The Labute approximate surface area is 123 Å². The molecule has 2 N–H and O–H groups in total. The van der Waals surface area contributed by atoms with Crippen LogP contribution in [0.2, 0.25) is 0 Å². The zero-order chi connectivity index (χ0) is 14.6. The van der Waals surface area contributed by atoms with Crippen LogP contribution in [-0.4, -0.2) is 75.3 Å². The zero-order valence-electron chi connectivity index (χ0n) is 13.1. The first kappa shape index (κ1) is 17.9. The molecule has 0 saturated carbocycles. The first-order valence-corrected chi connectivity index (χ1v) is 8.02. The predicted octanol–water partition coefficient (Wildman–Crippen LogP) is 0.722. The van der Waals surface area contributed by atoms with Crippen molar-refractivity contribution in [2.75, 3.05) is 59.2 Å². The van der Waals surface area contributed by atoms with E-state index in [1.54, 1.807) is 0 Å². The molecule has 1 aliphatic heterocycles. The first-order chi connectivity index (χ1) is 9.76. The van der Waals surface area contributed by atoms with Crippen molar-refractivity contribution in [1.29, 1.82) is 0 Å². The summed E-state index contributed by atoms with van der Waals surface area (Å²) in [7, 11) is 0. The van der Waals surface area contributed by atoms with Crippen LogP contribution in [-0.2, 0) is 9.47 Å². The van der Waals surface area contributed by atoms with Gasteiger partial charge in [-0.3, -0.25) is 0 Å². The molecule has 20 heavy (non-hydrogen) atoms. The van der Waals surface area contributed by atoms with Crippen LogP contribution in [0.5, 0.6) is 0 Å². The number of nitrogens with zero attached hydrogens (tertiary/aromatic N) is 1. The minimum Gasteiger partial charge on any atom is -0.389 e. The number of likely N-dealkylation sites (tertiary alicyclic amines) is 1. The van der Waals surface area contributed by atoms with E-state index in [-0.39, 0.29) is 0 Å². The number of piperidine rings is 1. The smallest absolute Gasteiger partial charge is 0.0897 e. The van der Waals surface area contributed by atoms with E-state index in [0.717, 1.165) is 19.0 Å². The van der Waals surface area contributed by atoms with Gasteiger partial charge in [0.25, 0.3) is 0 Å². The molecule has 1 atom stereocenters. The Morgan fingerprint density at radius 1 is 1.20 bits per heavy atom. The van der Waals surface area contributed by atoms with E-state index in [1.165, 1.54) is 25.9 Å².